The molecule has 0 aliphatic heterocycles. The van der Waals surface area contributed by atoms with E-state index in [9.17, 15) is 4.79 Å². The largest absolute Gasteiger partial charge is 0.374 e. The summed E-state index contributed by atoms with van der Waals surface area (Å²) in [6.07, 6.45) is 0. The Morgan fingerprint density at radius 1 is 1.56 bits per heavy atom. The van der Waals surface area contributed by atoms with Crippen LogP contribution in [0.4, 0.5) is 5.13 Å². The topological polar surface area (TPSA) is 93.8 Å². The van der Waals surface area contributed by atoms with Gasteiger partial charge in [0.1, 0.15) is 5.01 Å². The molecule has 0 aliphatic rings. The smallest absolute Gasteiger partial charge is 0.282 e. The van der Waals surface area contributed by atoms with Crippen molar-refractivity contribution in [2.45, 2.75) is 13.5 Å². The molecule has 1 amide bonds. The first kappa shape index (κ1) is 11.0. The molecule has 0 unspecified atom stereocenters. The number of anilines is 1. The second-order valence-electron chi connectivity index (χ2n) is 3.01. The molecule has 8 heteroatoms. The molecule has 2 aromatic rings. The Bertz CT molecular complexity index is 506. The summed E-state index contributed by atoms with van der Waals surface area (Å²) in [6, 6.07) is 0. The number of amides is 1. The van der Waals surface area contributed by atoms with Crippen molar-refractivity contribution in [3.63, 3.8) is 0 Å². The highest BCUT2D eigenvalue weighted by molar-refractivity contribution is 7.16. The van der Waals surface area contributed by atoms with Gasteiger partial charge in [-0.05, 0) is 6.92 Å². The Morgan fingerprint density at radius 3 is 2.94 bits per heavy atom. The zero-order valence-electron chi connectivity index (χ0n) is 8.43. The standard InChI is InChI=1S/C8H9N5OS2/c1-4-3-15-5(11-4)2-10-6(14)7-12-13-8(9)16-7/h3H,2H2,1H3,(H2,9,13)(H,10,14). The van der Waals surface area contributed by atoms with Crippen molar-refractivity contribution < 1.29 is 4.79 Å². The van der Waals surface area contributed by atoms with Crippen LogP contribution in [-0.2, 0) is 6.54 Å². The molecule has 16 heavy (non-hydrogen) atoms. The lowest BCUT2D eigenvalue weighted by Crippen LogP contribution is -2.22. The van der Waals surface area contributed by atoms with Crippen molar-refractivity contribution in [2.24, 2.45) is 0 Å². The van der Waals surface area contributed by atoms with E-state index in [1.54, 1.807) is 0 Å². The number of aromatic nitrogens is 3. The second-order valence-corrected chi connectivity index (χ2v) is 4.96. The van der Waals surface area contributed by atoms with Crippen LogP contribution in [0, 0.1) is 6.92 Å². The maximum absolute atomic E-state index is 11.6. The number of carbonyl (C=O) groups excluding carboxylic acids is 1. The van der Waals surface area contributed by atoms with E-state index in [1.165, 1.54) is 11.3 Å². The molecular formula is C8H9N5OS2. The predicted molar refractivity (Wildman–Crippen MR) is 62.3 cm³/mol. The third kappa shape index (κ3) is 2.52. The summed E-state index contributed by atoms with van der Waals surface area (Å²) < 4.78 is 0. The average Bonchev–Trinajstić information content (AvgIpc) is 2.84. The number of nitrogens with one attached hydrogen (secondary N) is 1. The molecule has 0 aliphatic carbocycles. The minimum atomic E-state index is -0.276. The van der Waals surface area contributed by atoms with Crippen molar-refractivity contribution in [3.05, 3.63) is 21.1 Å². The molecule has 0 atom stereocenters. The van der Waals surface area contributed by atoms with E-state index < -0.39 is 0 Å². The van der Waals surface area contributed by atoms with Crippen LogP contribution in [-0.4, -0.2) is 21.1 Å². The number of rotatable bonds is 3. The monoisotopic (exact) mass is 255 g/mol. The number of hydrogen-bond donors (Lipinski definition) is 2. The van der Waals surface area contributed by atoms with Crippen LogP contribution in [0.25, 0.3) is 0 Å². The van der Waals surface area contributed by atoms with Gasteiger partial charge in [0, 0.05) is 11.1 Å². The minimum Gasteiger partial charge on any atom is -0.374 e. The van der Waals surface area contributed by atoms with Crippen LogP contribution in [0.1, 0.15) is 20.5 Å². The maximum atomic E-state index is 11.6. The quantitative estimate of drug-likeness (QED) is 0.846. The van der Waals surface area contributed by atoms with Crippen molar-refractivity contribution >= 4 is 33.7 Å². The molecule has 84 valence electrons. The van der Waals surface area contributed by atoms with E-state index in [1.807, 2.05) is 12.3 Å². The lowest BCUT2D eigenvalue weighted by molar-refractivity contribution is 0.0950. The highest BCUT2D eigenvalue weighted by Crippen LogP contribution is 2.11. The van der Waals surface area contributed by atoms with Gasteiger partial charge in [0.15, 0.2) is 0 Å². The normalized spacial score (nSPS) is 10.3. The Kier molecular flexibility index (Phi) is 3.11. The fraction of sp³-hybridized carbons (Fsp3) is 0.250. The first-order valence-electron chi connectivity index (χ1n) is 4.43. The summed E-state index contributed by atoms with van der Waals surface area (Å²) in [5.74, 6) is -0.276. The highest BCUT2D eigenvalue weighted by atomic mass is 32.1. The molecule has 0 aromatic carbocycles. The van der Waals surface area contributed by atoms with Crippen LogP contribution in [0.2, 0.25) is 0 Å². The summed E-state index contributed by atoms with van der Waals surface area (Å²) in [7, 11) is 0. The third-order valence-electron chi connectivity index (χ3n) is 1.70. The average molecular weight is 255 g/mol. The molecule has 0 fully saturated rings. The first-order chi connectivity index (χ1) is 7.65. The number of nitrogens with two attached hydrogens (primary N) is 1. The van der Waals surface area contributed by atoms with Crippen LogP contribution in [0.5, 0.6) is 0 Å². The zero-order valence-corrected chi connectivity index (χ0v) is 10.1. The van der Waals surface area contributed by atoms with Crippen molar-refractivity contribution in [1.82, 2.24) is 20.5 Å². The van der Waals surface area contributed by atoms with Gasteiger partial charge >= 0.3 is 0 Å². The molecule has 2 aromatic heterocycles. The molecule has 0 bridgehead atoms. The summed E-state index contributed by atoms with van der Waals surface area (Å²) in [5, 5.41) is 13.3. The third-order valence-corrected chi connectivity index (χ3v) is 3.42. The number of thiazole rings is 1. The maximum Gasteiger partial charge on any atom is 0.282 e. The van der Waals surface area contributed by atoms with E-state index in [4.69, 9.17) is 5.73 Å². The van der Waals surface area contributed by atoms with Gasteiger partial charge in [0.05, 0.1) is 6.54 Å². The summed E-state index contributed by atoms with van der Waals surface area (Å²) >= 11 is 2.57. The van der Waals surface area contributed by atoms with Crippen LogP contribution < -0.4 is 11.1 Å². The molecular weight excluding hydrogens is 246 g/mol. The van der Waals surface area contributed by atoms with Crippen LogP contribution in [0.3, 0.4) is 0 Å². The fourth-order valence-electron chi connectivity index (χ4n) is 1.04. The Morgan fingerprint density at radius 2 is 2.38 bits per heavy atom. The summed E-state index contributed by atoms with van der Waals surface area (Å²) in [4.78, 5) is 15.8. The number of nitrogen functional groups attached to an aromatic ring is 1. The molecule has 6 nitrogen and oxygen atoms in total. The number of aryl methyl sites for hydroxylation is 1. The number of hydrogen-bond acceptors (Lipinski definition) is 7. The SMILES string of the molecule is Cc1csc(CNC(=O)c2nnc(N)s2)n1. The van der Waals surface area contributed by atoms with E-state index in [2.05, 4.69) is 20.5 Å². The van der Waals surface area contributed by atoms with Crippen LogP contribution >= 0.6 is 22.7 Å². The van der Waals surface area contributed by atoms with E-state index in [0.29, 0.717) is 6.54 Å². The van der Waals surface area contributed by atoms with E-state index in [0.717, 1.165) is 22.0 Å². The van der Waals surface area contributed by atoms with Gasteiger partial charge in [-0.1, -0.05) is 11.3 Å². The molecule has 0 radical (unpaired) electrons. The van der Waals surface area contributed by atoms with Gasteiger partial charge < -0.3 is 11.1 Å². The van der Waals surface area contributed by atoms with E-state index >= 15 is 0 Å². The number of carbonyl (C=O) groups is 1. The molecule has 0 spiro atoms. The second kappa shape index (κ2) is 4.54. The first-order valence-corrected chi connectivity index (χ1v) is 6.13. The number of nitrogens with zero attached hydrogens (tertiary/aromatic N) is 3. The summed E-state index contributed by atoms with van der Waals surface area (Å²) in [5.41, 5.74) is 6.33. The zero-order chi connectivity index (χ0) is 11.5. The Balaban J connectivity index is 1.93. The Hall–Kier alpha value is -1.54. The van der Waals surface area contributed by atoms with Gasteiger partial charge in [-0.3, -0.25) is 4.79 Å². The predicted octanol–water partition coefficient (Wildman–Crippen LogP) is 0.815. The lowest BCUT2D eigenvalue weighted by Gasteiger charge is -1.98. The summed E-state index contributed by atoms with van der Waals surface area (Å²) in [6.45, 7) is 2.31. The fourth-order valence-corrected chi connectivity index (χ4v) is 2.28. The molecule has 0 saturated heterocycles. The van der Waals surface area contributed by atoms with Crippen molar-refractivity contribution in [1.29, 1.82) is 0 Å². The van der Waals surface area contributed by atoms with Crippen molar-refractivity contribution in [3.8, 4) is 0 Å². The van der Waals surface area contributed by atoms with Gasteiger partial charge in [-0.2, -0.15) is 0 Å². The molecule has 3 N–H and O–H groups in total. The molecule has 2 rings (SSSR count). The van der Waals surface area contributed by atoms with Gasteiger partial charge in [-0.15, -0.1) is 21.5 Å². The molecule has 2 heterocycles. The van der Waals surface area contributed by atoms with E-state index in [-0.39, 0.29) is 16.0 Å². The Labute approximate surface area is 99.5 Å². The van der Waals surface area contributed by atoms with Gasteiger partial charge in [-0.25, -0.2) is 4.98 Å². The minimum absolute atomic E-state index is 0.269. The highest BCUT2D eigenvalue weighted by Gasteiger charge is 2.11. The van der Waals surface area contributed by atoms with Crippen LogP contribution in [0.15, 0.2) is 5.38 Å². The van der Waals surface area contributed by atoms with Gasteiger partial charge in [0.2, 0.25) is 10.1 Å². The van der Waals surface area contributed by atoms with Gasteiger partial charge in [0.25, 0.3) is 5.91 Å². The molecule has 0 saturated carbocycles. The van der Waals surface area contributed by atoms with Crippen molar-refractivity contribution in [2.75, 3.05) is 5.73 Å². The lowest BCUT2D eigenvalue weighted by atomic mass is 10.5.